The first-order valence-corrected chi connectivity index (χ1v) is 8.07. The number of hydrazone groups is 1. The number of rotatable bonds is 6. The Morgan fingerprint density at radius 1 is 1.24 bits per heavy atom. The number of urea groups is 1. The van der Waals surface area contributed by atoms with Crippen LogP contribution in [0.4, 0.5) is 10.5 Å². The Morgan fingerprint density at radius 2 is 1.96 bits per heavy atom. The van der Waals surface area contributed by atoms with E-state index < -0.39 is 31.7 Å². The lowest BCUT2D eigenvalue weighted by Crippen LogP contribution is -2.24. The molecule has 0 heterocycles. The zero-order chi connectivity index (χ0) is 18.4. The van der Waals surface area contributed by atoms with Crippen LogP contribution < -0.4 is 15.3 Å². The van der Waals surface area contributed by atoms with Crippen molar-refractivity contribution in [3.8, 4) is 5.75 Å². The summed E-state index contributed by atoms with van der Waals surface area (Å²) in [4.78, 5) is 20.1. The van der Waals surface area contributed by atoms with Crippen LogP contribution in [-0.4, -0.2) is 25.6 Å². The fourth-order valence-corrected chi connectivity index (χ4v) is 2.90. The number of nitrogens with two attached hydrogens (primary N) is 1. The van der Waals surface area contributed by atoms with Crippen molar-refractivity contribution >= 4 is 28.1 Å². The highest BCUT2D eigenvalue weighted by Crippen LogP contribution is 2.26. The number of hydrogen-bond donors (Lipinski definition) is 2. The van der Waals surface area contributed by atoms with Gasteiger partial charge in [-0.15, -0.1) is 0 Å². The molecule has 10 nitrogen and oxygen atoms in total. The lowest BCUT2D eigenvalue weighted by Gasteiger charge is -2.07. The molecule has 3 N–H and O–H groups in total. The summed E-state index contributed by atoms with van der Waals surface area (Å²) in [5.41, 5.74) is 6.65. The van der Waals surface area contributed by atoms with Gasteiger partial charge in [0.2, 0.25) is 0 Å². The van der Waals surface area contributed by atoms with E-state index in [-0.39, 0.29) is 5.75 Å². The first-order chi connectivity index (χ1) is 11.8. The van der Waals surface area contributed by atoms with Gasteiger partial charge in [0.05, 0.1) is 11.1 Å². The quantitative estimate of drug-likeness (QED) is 0.341. The monoisotopic (exact) mass is 364 g/mol. The van der Waals surface area contributed by atoms with Crippen molar-refractivity contribution in [2.75, 3.05) is 0 Å². The van der Waals surface area contributed by atoms with E-state index in [0.717, 1.165) is 12.1 Å². The number of amides is 2. The second-order valence-corrected chi connectivity index (χ2v) is 6.08. The average Bonchev–Trinajstić information content (AvgIpc) is 2.54. The van der Waals surface area contributed by atoms with E-state index in [1.54, 1.807) is 6.07 Å². The third-order valence-electron chi connectivity index (χ3n) is 2.78. The van der Waals surface area contributed by atoms with Crippen LogP contribution in [0.25, 0.3) is 0 Å². The summed E-state index contributed by atoms with van der Waals surface area (Å²) < 4.78 is 29.6. The van der Waals surface area contributed by atoms with Crippen molar-refractivity contribution < 1.29 is 22.3 Å². The summed E-state index contributed by atoms with van der Waals surface area (Å²) in [5, 5.41) is 14.5. The summed E-state index contributed by atoms with van der Waals surface area (Å²) in [6, 6.07) is 9.70. The Morgan fingerprint density at radius 3 is 2.64 bits per heavy atom. The van der Waals surface area contributed by atoms with Crippen LogP contribution in [0, 0.1) is 10.1 Å². The minimum absolute atomic E-state index is 0.0822. The minimum Gasteiger partial charge on any atom is -0.379 e. The second-order valence-electron chi connectivity index (χ2n) is 4.57. The normalized spacial score (nSPS) is 11.2. The molecule has 0 aliphatic heterocycles. The zero-order valence-corrected chi connectivity index (χ0v) is 13.3. The van der Waals surface area contributed by atoms with Crippen molar-refractivity contribution in [1.82, 2.24) is 5.43 Å². The van der Waals surface area contributed by atoms with Gasteiger partial charge >= 0.3 is 16.1 Å². The summed E-state index contributed by atoms with van der Waals surface area (Å²) in [5.74, 6) is -0.0822. The SMILES string of the molecule is NC(=O)N/N=C\c1cccc(OS(=O)(=O)c2ccccc2[N+](=O)[O-])c1. The third kappa shape index (κ3) is 4.75. The highest BCUT2D eigenvalue weighted by Gasteiger charge is 2.27. The summed E-state index contributed by atoms with van der Waals surface area (Å²) in [6.45, 7) is 0. The summed E-state index contributed by atoms with van der Waals surface area (Å²) in [7, 11) is -4.42. The van der Waals surface area contributed by atoms with Gasteiger partial charge in [0.25, 0.3) is 5.69 Å². The molecule has 2 aromatic carbocycles. The molecule has 25 heavy (non-hydrogen) atoms. The Labute approximate surface area is 142 Å². The standard InChI is InChI=1S/C14H12N4O6S/c15-14(19)17-16-9-10-4-3-5-11(8-10)24-25(22,23)13-7-2-1-6-12(13)18(20)21/h1-9H,(H3,15,17,19)/b16-9-. The third-order valence-corrected chi connectivity index (χ3v) is 4.08. The number of nitrogens with zero attached hydrogens (tertiary/aromatic N) is 2. The first kappa shape index (κ1) is 17.9. The molecule has 0 aliphatic carbocycles. The molecule has 0 aliphatic rings. The van der Waals surface area contributed by atoms with E-state index in [4.69, 9.17) is 9.92 Å². The van der Waals surface area contributed by atoms with Gasteiger partial charge in [0.15, 0.2) is 4.90 Å². The van der Waals surface area contributed by atoms with Crippen molar-refractivity contribution in [3.63, 3.8) is 0 Å². The van der Waals surface area contributed by atoms with Gasteiger partial charge in [-0.3, -0.25) is 10.1 Å². The number of primary amides is 1. The van der Waals surface area contributed by atoms with Crippen LogP contribution >= 0.6 is 0 Å². The van der Waals surface area contributed by atoms with Gasteiger partial charge in [-0.05, 0) is 23.8 Å². The Balaban J connectivity index is 2.29. The first-order valence-electron chi connectivity index (χ1n) is 6.66. The maximum atomic E-state index is 12.3. The molecule has 2 aromatic rings. The fraction of sp³-hybridized carbons (Fsp3) is 0. The number of benzene rings is 2. The Hall–Kier alpha value is -3.47. The van der Waals surface area contributed by atoms with E-state index in [1.807, 2.05) is 5.43 Å². The van der Waals surface area contributed by atoms with E-state index >= 15 is 0 Å². The number of nitrogens with one attached hydrogen (secondary N) is 1. The summed E-state index contributed by atoms with van der Waals surface area (Å²) >= 11 is 0. The molecule has 0 saturated carbocycles. The van der Waals surface area contributed by atoms with Gasteiger partial charge < -0.3 is 9.92 Å². The number of hydrogen-bond acceptors (Lipinski definition) is 7. The molecule has 0 bridgehead atoms. The van der Waals surface area contributed by atoms with Crippen LogP contribution in [0.5, 0.6) is 5.75 Å². The molecule has 2 rings (SSSR count). The Kier molecular flexibility index (Phi) is 5.29. The van der Waals surface area contributed by atoms with Gasteiger partial charge in [-0.25, -0.2) is 10.2 Å². The highest BCUT2D eigenvalue weighted by atomic mass is 32.2. The molecular weight excluding hydrogens is 352 g/mol. The minimum atomic E-state index is -4.42. The molecular formula is C14H12N4O6S. The van der Waals surface area contributed by atoms with Crippen LogP contribution in [0.2, 0.25) is 0 Å². The van der Waals surface area contributed by atoms with Gasteiger partial charge in [-0.1, -0.05) is 24.3 Å². The number of carbonyl (C=O) groups excluding carboxylic acids is 1. The maximum Gasteiger partial charge on any atom is 0.346 e. The molecule has 130 valence electrons. The maximum absolute atomic E-state index is 12.3. The fourth-order valence-electron chi connectivity index (χ4n) is 1.81. The Bertz CT molecular complexity index is 942. The van der Waals surface area contributed by atoms with Crippen molar-refractivity contribution in [2.24, 2.45) is 10.8 Å². The second kappa shape index (κ2) is 7.40. The van der Waals surface area contributed by atoms with Gasteiger partial charge in [0, 0.05) is 6.07 Å². The molecule has 11 heteroatoms. The zero-order valence-electron chi connectivity index (χ0n) is 12.5. The van der Waals surface area contributed by atoms with Gasteiger partial charge in [-0.2, -0.15) is 13.5 Å². The highest BCUT2D eigenvalue weighted by molar-refractivity contribution is 7.87. The molecule has 0 saturated heterocycles. The molecule has 0 unspecified atom stereocenters. The topological polar surface area (TPSA) is 154 Å². The van der Waals surface area contributed by atoms with E-state index in [0.29, 0.717) is 5.56 Å². The lowest BCUT2D eigenvalue weighted by molar-refractivity contribution is -0.387. The van der Waals surface area contributed by atoms with Crippen LogP contribution in [0.15, 0.2) is 58.5 Å². The van der Waals surface area contributed by atoms with Crippen molar-refractivity contribution in [2.45, 2.75) is 4.90 Å². The molecule has 0 spiro atoms. The van der Waals surface area contributed by atoms with E-state index in [1.165, 1.54) is 36.5 Å². The van der Waals surface area contributed by atoms with Crippen LogP contribution in [-0.2, 0) is 10.1 Å². The van der Waals surface area contributed by atoms with Crippen molar-refractivity contribution in [3.05, 3.63) is 64.2 Å². The van der Waals surface area contributed by atoms with Crippen molar-refractivity contribution in [1.29, 1.82) is 0 Å². The predicted molar refractivity (Wildman–Crippen MR) is 87.7 cm³/mol. The molecule has 0 atom stereocenters. The molecule has 0 aromatic heterocycles. The molecule has 0 fully saturated rings. The van der Waals surface area contributed by atoms with E-state index in [2.05, 4.69) is 5.10 Å². The smallest absolute Gasteiger partial charge is 0.346 e. The summed E-state index contributed by atoms with van der Waals surface area (Å²) in [6.07, 6.45) is 1.22. The lowest BCUT2D eigenvalue weighted by atomic mass is 10.2. The van der Waals surface area contributed by atoms with Crippen LogP contribution in [0.3, 0.4) is 0 Å². The number of carbonyl (C=O) groups is 1. The number of para-hydroxylation sites is 1. The van der Waals surface area contributed by atoms with Crippen LogP contribution in [0.1, 0.15) is 5.56 Å². The average molecular weight is 364 g/mol. The largest absolute Gasteiger partial charge is 0.379 e. The van der Waals surface area contributed by atoms with Gasteiger partial charge in [0.1, 0.15) is 5.75 Å². The van der Waals surface area contributed by atoms with E-state index in [9.17, 15) is 23.3 Å². The molecule has 2 amide bonds. The molecule has 0 radical (unpaired) electrons. The number of nitro groups is 1. The number of nitro benzene ring substituents is 1. The predicted octanol–water partition coefficient (Wildman–Crippen LogP) is 1.36.